The number of aliphatic hydroxyl groups is 2. The van der Waals surface area contributed by atoms with Crippen molar-refractivity contribution in [2.24, 2.45) is 0 Å². The van der Waals surface area contributed by atoms with E-state index in [0.717, 1.165) is 77.0 Å². The summed E-state index contributed by atoms with van der Waals surface area (Å²) < 4.78 is 5.90. The summed E-state index contributed by atoms with van der Waals surface area (Å²) in [7, 11) is 0. The van der Waals surface area contributed by atoms with Crippen LogP contribution in [0.1, 0.15) is 265 Å². The molecule has 65 heavy (non-hydrogen) atoms. The van der Waals surface area contributed by atoms with Crippen LogP contribution in [0.3, 0.4) is 0 Å². The fourth-order valence-corrected chi connectivity index (χ4v) is 8.12. The molecule has 0 fully saturated rings. The molecule has 0 aromatic carbocycles. The first-order chi connectivity index (χ1) is 32.0. The molecule has 0 bridgehead atoms. The second-order valence-electron chi connectivity index (χ2n) is 18.6. The van der Waals surface area contributed by atoms with Crippen molar-refractivity contribution >= 4 is 11.9 Å². The normalized spacial score (nSPS) is 13.7. The van der Waals surface area contributed by atoms with Crippen LogP contribution in [0.4, 0.5) is 0 Å². The van der Waals surface area contributed by atoms with E-state index in [1.54, 1.807) is 0 Å². The van der Waals surface area contributed by atoms with Gasteiger partial charge < -0.3 is 20.3 Å². The number of unbranched alkanes of at least 4 members (excludes halogenated alkanes) is 25. The minimum absolute atomic E-state index is 0.0405. The van der Waals surface area contributed by atoms with Gasteiger partial charge in [0.25, 0.3) is 0 Å². The molecule has 0 aliphatic carbocycles. The fraction of sp³-hybridized carbons (Fsp3) is 0.763. The Morgan fingerprint density at radius 2 is 0.831 bits per heavy atom. The predicted molar refractivity (Wildman–Crippen MR) is 282 cm³/mol. The Morgan fingerprint density at radius 3 is 1.28 bits per heavy atom. The second kappa shape index (κ2) is 52.3. The zero-order valence-electron chi connectivity index (χ0n) is 42.9. The highest BCUT2D eigenvalue weighted by atomic mass is 16.5. The Balaban J connectivity index is 4.62. The molecule has 6 nitrogen and oxygen atoms in total. The number of esters is 1. The van der Waals surface area contributed by atoms with Crippen molar-refractivity contribution < 1.29 is 24.5 Å². The van der Waals surface area contributed by atoms with Crippen molar-refractivity contribution in [1.82, 2.24) is 5.32 Å². The third-order valence-electron chi connectivity index (χ3n) is 12.3. The molecule has 3 atom stereocenters. The Kier molecular flexibility index (Phi) is 50.1. The van der Waals surface area contributed by atoms with E-state index in [4.69, 9.17) is 4.74 Å². The van der Waals surface area contributed by atoms with Crippen LogP contribution >= 0.6 is 0 Å². The summed E-state index contributed by atoms with van der Waals surface area (Å²) in [6.07, 6.45) is 66.9. The van der Waals surface area contributed by atoms with Crippen LogP contribution in [0, 0.1) is 0 Å². The van der Waals surface area contributed by atoms with Gasteiger partial charge in [-0.3, -0.25) is 9.59 Å². The van der Waals surface area contributed by atoms with Crippen LogP contribution in [0.15, 0.2) is 72.9 Å². The van der Waals surface area contributed by atoms with Crippen molar-refractivity contribution in [3.05, 3.63) is 72.9 Å². The molecule has 0 aromatic rings. The SMILES string of the molecule is CC/C=C/C/C=C/C/C=C/C/C=C/C/C=C/CCC(=O)OC(CCCCCCC/C=C\CCCCCC)CC(=O)NC(CO)C(O)CCCCCCCCCCCCCCCCCCC. The summed E-state index contributed by atoms with van der Waals surface area (Å²) in [5.41, 5.74) is 0. The summed E-state index contributed by atoms with van der Waals surface area (Å²) in [5, 5.41) is 23.8. The van der Waals surface area contributed by atoms with Crippen LogP contribution in [-0.4, -0.2) is 46.9 Å². The van der Waals surface area contributed by atoms with Gasteiger partial charge in [-0.15, -0.1) is 0 Å². The quantitative estimate of drug-likeness (QED) is 0.0321. The predicted octanol–water partition coefficient (Wildman–Crippen LogP) is 17.0. The molecule has 0 aliphatic heterocycles. The monoisotopic (exact) mass is 908 g/mol. The highest BCUT2D eigenvalue weighted by molar-refractivity contribution is 5.77. The first kappa shape index (κ1) is 62.3. The van der Waals surface area contributed by atoms with Crippen molar-refractivity contribution in [3.63, 3.8) is 0 Å². The van der Waals surface area contributed by atoms with E-state index in [1.807, 2.05) is 6.08 Å². The molecule has 0 saturated heterocycles. The summed E-state index contributed by atoms with van der Waals surface area (Å²) in [6.45, 7) is 6.35. The number of aliphatic hydroxyl groups excluding tert-OH is 2. The number of ether oxygens (including phenoxy) is 1. The molecule has 0 heterocycles. The lowest BCUT2D eigenvalue weighted by molar-refractivity contribution is -0.150. The van der Waals surface area contributed by atoms with Crippen molar-refractivity contribution in [2.75, 3.05) is 6.61 Å². The van der Waals surface area contributed by atoms with Gasteiger partial charge in [-0.25, -0.2) is 0 Å². The largest absolute Gasteiger partial charge is 0.462 e. The van der Waals surface area contributed by atoms with E-state index in [-0.39, 0.29) is 31.3 Å². The van der Waals surface area contributed by atoms with E-state index in [1.165, 1.54) is 135 Å². The lowest BCUT2D eigenvalue weighted by atomic mass is 10.0. The maximum atomic E-state index is 13.2. The molecule has 1 amide bonds. The molecule has 0 radical (unpaired) electrons. The molecule has 0 aliphatic rings. The number of allylic oxidation sites excluding steroid dienone is 12. The highest BCUT2D eigenvalue weighted by Gasteiger charge is 2.24. The molecule has 6 heteroatoms. The van der Waals surface area contributed by atoms with Gasteiger partial charge >= 0.3 is 5.97 Å². The number of carbonyl (C=O) groups is 2. The summed E-state index contributed by atoms with van der Waals surface area (Å²) in [6, 6.07) is -0.722. The third-order valence-corrected chi connectivity index (χ3v) is 12.3. The van der Waals surface area contributed by atoms with E-state index in [2.05, 4.69) is 92.9 Å². The standard InChI is InChI=1S/C59H105NO5/c1-4-7-10-13-16-19-22-25-27-29-30-33-36-39-42-45-48-51-57(62)56(54-61)60-58(63)53-55(50-47-44-41-38-35-32-24-21-18-15-12-9-6-3)65-59(64)52-49-46-43-40-37-34-31-28-26-23-20-17-14-11-8-5-2/h8,11,17,20-21,24,26,28,34,37,43,46,55-57,61-62H,4-7,9-10,12-16,18-19,22-23,25,27,29-33,35-36,38-42,44-45,47-54H2,1-3H3,(H,60,63)/b11-8+,20-17+,24-21-,28-26+,37-34+,46-43+. The molecular formula is C59H105NO5. The van der Waals surface area contributed by atoms with Crippen LogP contribution < -0.4 is 5.32 Å². The topological polar surface area (TPSA) is 95.9 Å². The molecule has 376 valence electrons. The summed E-state index contributed by atoms with van der Waals surface area (Å²) in [5.74, 6) is -0.579. The number of nitrogens with one attached hydrogen (secondary N) is 1. The van der Waals surface area contributed by atoms with E-state index in [9.17, 15) is 19.8 Å². The van der Waals surface area contributed by atoms with Gasteiger partial charge in [0.05, 0.1) is 25.2 Å². The van der Waals surface area contributed by atoms with Gasteiger partial charge in [0.15, 0.2) is 0 Å². The average Bonchev–Trinajstić information content (AvgIpc) is 3.30. The van der Waals surface area contributed by atoms with E-state index < -0.39 is 18.2 Å². The van der Waals surface area contributed by atoms with E-state index in [0.29, 0.717) is 19.3 Å². The molecular weight excluding hydrogens is 803 g/mol. The molecule has 0 saturated carbocycles. The van der Waals surface area contributed by atoms with Gasteiger partial charge in [0, 0.05) is 6.42 Å². The molecule has 3 N–H and O–H groups in total. The van der Waals surface area contributed by atoms with Crippen molar-refractivity contribution in [2.45, 2.75) is 283 Å². The highest BCUT2D eigenvalue weighted by Crippen LogP contribution is 2.18. The number of rotatable bonds is 49. The molecule has 3 unspecified atom stereocenters. The number of amides is 1. The maximum Gasteiger partial charge on any atom is 0.306 e. The maximum absolute atomic E-state index is 13.2. The van der Waals surface area contributed by atoms with Gasteiger partial charge in [-0.1, -0.05) is 241 Å². The number of hydrogen-bond acceptors (Lipinski definition) is 5. The van der Waals surface area contributed by atoms with Crippen LogP contribution in [0.2, 0.25) is 0 Å². The minimum Gasteiger partial charge on any atom is -0.462 e. The zero-order valence-corrected chi connectivity index (χ0v) is 42.9. The summed E-state index contributed by atoms with van der Waals surface area (Å²) >= 11 is 0. The van der Waals surface area contributed by atoms with Gasteiger partial charge in [-0.05, 0) is 83.5 Å². The first-order valence-corrected chi connectivity index (χ1v) is 27.7. The number of hydrogen-bond donors (Lipinski definition) is 3. The Hall–Kier alpha value is -2.70. The van der Waals surface area contributed by atoms with Crippen LogP contribution in [0.25, 0.3) is 0 Å². The van der Waals surface area contributed by atoms with Crippen molar-refractivity contribution in [1.29, 1.82) is 0 Å². The van der Waals surface area contributed by atoms with E-state index >= 15 is 0 Å². The van der Waals surface area contributed by atoms with Crippen LogP contribution in [0.5, 0.6) is 0 Å². The average molecular weight is 908 g/mol. The number of carbonyl (C=O) groups excluding carboxylic acids is 2. The Morgan fingerprint density at radius 1 is 0.462 bits per heavy atom. The molecule has 0 spiro atoms. The van der Waals surface area contributed by atoms with Crippen LogP contribution in [-0.2, 0) is 14.3 Å². The Labute approximate surface area is 402 Å². The lowest BCUT2D eigenvalue weighted by Gasteiger charge is -2.24. The first-order valence-electron chi connectivity index (χ1n) is 27.7. The van der Waals surface area contributed by atoms with Crippen molar-refractivity contribution in [3.8, 4) is 0 Å². The minimum atomic E-state index is -0.805. The summed E-state index contributed by atoms with van der Waals surface area (Å²) in [4.78, 5) is 26.2. The van der Waals surface area contributed by atoms with Gasteiger partial charge in [0.2, 0.25) is 5.91 Å². The fourth-order valence-electron chi connectivity index (χ4n) is 8.12. The second-order valence-corrected chi connectivity index (χ2v) is 18.6. The van der Waals surface area contributed by atoms with Gasteiger partial charge in [0.1, 0.15) is 6.10 Å². The zero-order chi connectivity index (χ0) is 47.4. The lowest BCUT2D eigenvalue weighted by Crippen LogP contribution is -2.46. The van der Waals surface area contributed by atoms with Gasteiger partial charge in [-0.2, -0.15) is 0 Å². The third kappa shape index (κ3) is 47.6. The molecule has 0 aromatic heterocycles. The molecule has 0 rings (SSSR count). The Bertz CT molecular complexity index is 1200. The smallest absolute Gasteiger partial charge is 0.306 e.